The van der Waals surface area contributed by atoms with Gasteiger partial charge in [0, 0.05) is 23.2 Å². The second-order valence-corrected chi connectivity index (χ2v) is 14.2. The minimum Gasteiger partial charge on any atom is -0.292 e. The largest absolute Gasteiger partial charge is 0.292 e. The summed E-state index contributed by atoms with van der Waals surface area (Å²) in [6, 6.07) is 34.4. The summed E-state index contributed by atoms with van der Waals surface area (Å²) in [5.41, 5.74) is 7.39. The number of rotatable bonds is 3. The van der Waals surface area contributed by atoms with Crippen molar-refractivity contribution in [2.75, 3.05) is 0 Å². The van der Waals surface area contributed by atoms with Crippen LogP contribution < -0.4 is 10.4 Å². The van der Waals surface area contributed by atoms with Crippen molar-refractivity contribution in [2.24, 2.45) is 0 Å². The van der Waals surface area contributed by atoms with Crippen molar-refractivity contribution in [1.29, 1.82) is 0 Å². The standard InChI is InChI=1S/C31H24N4Si/c1-36(2,22-10-7-9-21(19-22)26-12-5-6-17-32-26)23-15-16-28-25(20-23)30-24(11-8-18-33-30)31-34-27-13-3-4-14-29(27)35(28)31/h3-20H,1-2H3. The molecule has 4 nitrogen and oxygen atoms in total. The minimum atomic E-state index is -2.01. The second kappa shape index (κ2) is 7.83. The molecule has 0 radical (unpaired) electrons. The number of hydrogen-bond acceptors (Lipinski definition) is 3. The molecular weight excluding hydrogens is 456 g/mol. The van der Waals surface area contributed by atoms with Crippen LogP contribution >= 0.6 is 0 Å². The van der Waals surface area contributed by atoms with E-state index in [1.807, 2.05) is 36.7 Å². The van der Waals surface area contributed by atoms with Gasteiger partial charge >= 0.3 is 0 Å². The highest BCUT2D eigenvalue weighted by Gasteiger charge is 2.27. The zero-order chi connectivity index (χ0) is 24.3. The molecule has 0 aliphatic carbocycles. The Morgan fingerprint density at radius 2 is 1.47 bits per heavy atom. The molecule has 5 heteroatoms. The number of fused-ring (bicyclic) bond motifs is 8. The summed E-state index contributed by atoms with van der Waals surface area (Å²) in [6.45, 7) is 4.85. The number of aromatic nitrogens is 4. The molecule has 0 amide bonds. The van der Waals surface area contributed by atoms with Gasteiger partial charge in [-0.05, 0) is 48.0 Å². The van der Waals surface area contributed by atoms with Gasteiger partial charge < -0.3 is 0 Å². The Morgan fingerprint density at radius 1 is 0.639 bits per heavy atom. The highest BCUT2D eigenvalue weighted by Crippen LogP contribution is 2.31. The number of pyridine rings is 3. The van der Waals surface area contributed by atoms with Gasteiger partial charge in [-0.2, -0.15) is 0 Å². The van der Waals surface area contributed by atoms with E-state index in [-0.39, 0.29) is 0 Å². The average molecular weight is 481 g/mol. The van der Waals surface area contributed by atoms with E-state index in [2.05, 4.69) is 95.3 Å². The van der Waals surface area contributed by atoms with Gasteiger partial charge in [0.1, 0.15) is 13.7 Å². The van der Waals surface area contributed by atoms with Crippen molar-refractivity contribution in [3.05, 3.63) is 109 Å². The lowest BCUT2D eigenvalue weighted by molar-refractivity contribution is 1.30. The second-order valence-electron chi connectivity index (χ2n) is 9.81. The van der Waals surface area contributed by atoms with E-state index in [4.69, 9.17) is 9.97 Å². The molecule has 0 N–H and O–H groups in total. The molecular formula is C31H24N4Si. The molecule has 0 aliphatic rings. The van der Waals surface area contributed by atoms with Gasteiger partial charge in [0.15, 0.2) is 0 Å². The maximum Gasteiger partial charge on any atom is 0.147 e. The van der Waals surface area contributed by atoms with Gasteiger partial charge in [0.05, 0.1) is 27.8 Å². The summed E-state index contributed by atoms with van der Waals surface area (Å²) < 4.78 is 2.29. The Kier molecular flexibility index (Phi) is 4.56. The highest BCUT2D eigenvalue weighted by atomic mass is 28.3. The molecule has 0 spiro atoms. The van der Waals surface area contributed by atoms with Crippen LogP contribution in [-0.4, -0.2) is 27.4 Å². The van der Waals surface area contributed by atoms with Gasteiger partial charge in [-0.3, -0.25) is 14.4 Å². The van der Waals surface area contributed by atoms with Crippen LogP contribution in [0.4, 0.5) is 0 Å². The van der Waals surface area contributed by atoms with Crippen molar-refractivity contribution < 1.29 is 0 Å². The third-order valence-electron chi connectivity index (χ3n) is 7.37. The summed E-state index contributed by atoms with van der Waals surface area (Å²) in [5, 5.41) is 5.01. The maximum absolute atomic E-state index is 4.98. The molecule has 0 aliphatic heterocycles. The Balaban J connectivity index is 1.48. The molecule has 0 saturated carbocycles. The number of hydrogen-bond donors (Lipinski definition) is 0. The molecule has 0 saturated heterocycles. The van der Waals surface area contributed by atoms with Crippen LogP contribution in [0, 0.1) is 0 Å². The van der Waals surface area contributed by atoms with Gasteiger partial charge in [-0.15, -0.1) is 0 Å². The first-order chi connectivity index (χ1) is 17.6. The fraction of sp³-hybridized carbons (Fsp3) is 0.0645. The number of imidazole rings is 1. The minimum absolute atomic E-state index is 0.958. The first-order valence-corrected chi connectivity index (χ1v) is 15.2. The molecule has 0 bridgehead atoms. The van der Waals surface area contributed by atoms with Gasteiger partial charge in [0.25, 0.3) is 0 Å². The summed E-state index contributed by atoms with van der Waals surface area (Å²) in [6.07, 6.45) is 3.74. The maximum atomic E-state index is 4.98. The van der Waals surface area contributed by atoms with E-state index in [0.29, 0.717) is 0 Å². The van der Waals surface area contributed by atoms with Crippen LogP contribution in [0.3, 0.4) is 0 Å². The summed E-state index contributed by atoms with van der Waals surface area (Å²) in [5.74, 6) is 0. The van der Waals surface area contributed by atoms with Crippen molar-refractivity contribution in [3.8, 4) is 11.3 Å². The SMILES string of the molecule is C[Si](C)(c1cccc(-c2ccccn2)c1)c1ccc2c(c1)c1ncccc1c1nc3ccccc3n21. The monoisotopic (exact) mass is 480 g/mol. The summed E-state index contributed by atoms with van der Waals surface area (Å²) in [7, 11) is -2.01. The molecule has 4 aromatic heterocycles. The summed E-state index contributed by atoms with van der Waals surface area (Å²) in [4.78, 5) is 14.4. The quantitative estimate of drug-likeness (QED) is 0.228. The molecule has 36 heavy (non-hydrogen) atoms. The topological polar surface area (TPSA) is 43.1 Å². The highest BCUT2D eigenvalue weighted by molar-refractivity contribution is 7.00. The van der Waals surface area contributed by atoms with Crippen molar-refractivity contribution >= 4 is 56.9 Å². The molecule has 3 aromatic carbocycles. The van der Waals surface area contributed by atoms with Crippen LogP contribution in [0.25, 0.3) is 49.7 Å². The van der Waals surface area contributed by atoms with Crippen molar-refractivity contribution in [3.63, 3.8) is 0 Å². The molecule has 4 heterocycles. The van der Waals surface area contributed by atoms with Gasteiger partial charge in [-0.1, -0.05) is 78.1 Å². The smallest absolute Gasteiger partial charge is 0.147 e. The van der Waals surface area contributed by atoms with Crippen LogP contribution in [0.1, 0.15) is 0 Å². The zero-order valence-electron chi connectivity index (χ0n) is 20.2. The molecule has 0 fully saturated rings. The fourth-order valence-corrected chi connectivity index (χ4v) is 7.70. The van der Waals surface area contributed by atoms with Crippen molar-refractivity contribution in [1.82, 2.24) is 19.4 Å². The van der Waals surface area contributed by atoms with E-state index >= 15 is 0 Å². The third-order valence-corrected chi connectivity index (χ3v) is 10.9. The van der Waals surface area contributed by atoms with Crippen LogP contribution in [0.2, 0.25) is 13.1 Å². The van der Waals surface area contributed by atoms with E-state index in [0.717, 1.165) is 44.4 Å². The normalized spacial score (nSPS) is 12.2. The van der Waals surface area contributed by atoms with Crippen LogP contribution in [0.15, 0.2) is 109 Å². The zero-order valence-corrected chi connectivity index (χ0v) is 21.2. The summed E-state index contributed by atoms with van der Waals surface area (Å²) >= 11 is 0. The predicted octanol–water partition coefficient (Wildman–Crippen LogP) is 6.07. The lowest BCUT2D eigenvalue weighted by Gasteiger charge is -2.25. The van der Waals surface area contributed by atoms with Crippen molar-refractivity contribution in [2.45, 2.75) is 13.1 Å². The Hall–Kier alpha value is -4.35. The van der Waals surface area contributed by atoms with E-state index < -0.39 is 8.07 Å². The lowest BCUT2D eigenvalue weighted by atomic mass is 10.1. The lowest BCUT2D eigenvalue weighted by Crippen LogP contribution is -2.52. The first kappa shape index (κ1) is 21.0. The van der Waals surface area contributed by atoms with Crippen LogP contribution in [0.5, 0.6) is 0 Å². The Bertz CT molecular complexity index is 1920. The number of para-hydroxylation sites is 2. The van der Waals surface area contributed by atoms with E-state index in [1.54, 1.807) is 0 Å². The molecule has 0 unspecified atom stereocenters. The first-order valence-electron chi connectivity index (χ1n) is 12.2. The van der Waals surface area contributed by atoms with Crippen LogP contribution in [-0.2, 0) is 0 Å². The average Bonchev–Trinajstić information content (AvgIpc) is 3.34. The number of nitrogens with zero attached hydrogens (tertiary/aromatic N) is 4. The molecule has 172 valence electrons. The molecule has 7 aromatic rings. The number of benzene rings is 3. The van der Waals surface area contributed by atoms with Gasteiger partial charge in [0.2, 0.25) is 0 Å². The molecule has 0 atom stereocenters. The third kappa shape index (κ3) is 3.10. The van der Waals surface area contributed by atoms with E-state index in [9.17, 15) is 0 Å². The van der Waals surface area contributed by atoms with Gasteiger partial charge in [-0.25, -0.2) is 4.98 Å². The Labute approximate surface area is 209 Å². The van der Waals surface area contributed by atoms with E-state index in [1.165, 1.54) is 15.8 Å². The predicted molar refractivity (Wildman–Crippen MR) is 152 cm³/mol. The fourth-order valence-electron chi connectivity index (χ4n) is 5.33. The molecule has 7 rings (SSSR count). The Morgan fingerprint density at radius 3 is 2.36 bits per heavy atom.